The Kier molecular flexibility index (Phi) is 5.08. The summed E-state index contributed by atoms with van der Waals surface area (Å²) in [7, 11) is 0. The molecular weight excluding hydrogens is 263 g/mol. The molecule has 1 nitrogen and oxygen atoms in total. The molecule has 1 aromatic carbocycles. The summed E-state index contributed by atoms with van der Waals surface area (Å²) in [5.74, 6) is -0.0203. The summed E-state index contributed by atoms with van der Waals surface area (Å²) in [6.07, 6.45) is 0.673. The number of hydrogen-bond acceptors (Lipinski definition) is 1. The maximum atomic E-state index is 13.2. The van der Waals surface area contributed by atoms with Gasteiger partial charge in [-0.05, 0) is 43.4 Å². The molecule has 0 spiro atoms. The fourth-order valence-corrected chi connectivity index (χ4v) is 3.16. The van der Waals surface area contributed by atoms with Gasteiger partial charge in [-0.1, -0.05) is 38.0 Å². The zero-order valence-corrected chi connectivity index (χ0v) is 11.8. The lowest BCUT2D eigenvalue weighted by molar-refractivity contribution is -0.138. The summed E-state index contributed by atoms with van der Waals surface area (Å²) in [5.41, 5.74) is 0.00324. The summed E-state index contributed by atoms with van der Waals surface area (Å²) in [4.78, 5) is 0. The van der Waals surface area contributed by atoms with Crippen LogP contribution in [0.2, 0.25) is 0 Å². The minimum absolute atomic E-state index is 0.0203. The van der Waals surface area contributed by atoms with Crippen LogP contribution < -0.4 is 5.32 Å². The molecule has 20 heavy (non-hydrogen) atoms. The van der Waals surface area contributed by atoms with Gasteiger partial charge in [-0.25, -0.2) is 0 Å². The smallest absolute Gasteiger partial charge is 0.313 e. The Morgan fingerprint density at radius 2 is 1.85 bits per heavy atom. The van der Waals surface area contributed by atoms with Crippen molar-refractivity contribution in [1.82, 2.24) is 5.32 Å². The minimum Gasteiger partial charge on any atom is -0.313 e. The van der Waals surface area contributed by atoms with Crippen molar-refractivity contribution in [1.29, 1.82) is 0 Å². The molecule has 2 unspecified atom stereocenters. The first kappa shape index (κ1) is 15.4. The third kappa shape index (κ3) is 3.54. The van der Waals surface area contributed by atoms with Gasteiger partial charge in [0.15, 0.2) is 0 Å². The van der Waals surface area contributed by atoms with Gasteiger partial charge in [-0.3, -0.25) is 0 Å². The molecule has 2 atom stereocenters. The number of halogens is 3. The number of rotatable bonds is 4. The average molecular weight is 285 g/mol. The Balaban J connectivity index is 2.28. The van der Waals surface area contributed by atoms with E-state index in [2.05, 4.69) is 12.2 Å². The Bertz CT molecular complexity index is 428. The first-order valence-corrected chi connectivity index (χ1v) is 7.43. The highest BCUT2D eigenvalue weighted by atomic mass is 19.4. The second-order valence-corrected chi connectivity index (χ2v) is 5.54. The molecule has 0 aromatic heterocycles. The van der Waals surface area contributed by atoms with E-state index in [-0.39, 0.29) is 12.0 Å². The molecule has 1 aromatic rings. The monoisotopic (exact) mass is 285 g/mol. The number of nitrogens with one attached hydrogen (secondary N) is 1. The van der Waals surface area contributed by atoms with Crippen LogP contribution in [0.3, 0.4) is 0 Å². The molecule has 2 rings (SSSR count). The summed E-state index contributed by atoms with van der Waals surface area (Å²) in [5, 5.41) is 3.43. The summed E-state index contributed by atoms with van der Waals surface area (Å²) in [6, 6.07) is 6.23. The largest absolute Gasteiger partial charge is 0.416 e. The number of benzene rings is 1. The maximum Gasteiger partial charge on any atom is 0.416 e. The molecule has 4 heteroatoms. The van der Waals surface area contributed by atoms with Gasteiger partial charge in [0.2, 0.25) is 0 Å². The summed E-state index contributed by atoms with van der Waals surface area (Å²) >= 11 is 0. The topological polar surface area (TPSA) is 12.0 Å². The van der Waals surface area contributed by atoms with Gasteiger partial charge in [0, 0.05) is 6.04 Å². The fourth-order valence-electron chi connectivity index (χ4n) is 3.16. The van der Waals surface area contributed by atoms with E-state index in [1.54, 1.807) is 12.1 Å². The van der Waals surface area contributed by atoms with E-state index in [9.17, 15) is 13.2 Å². The van der Waals surface area contributed by atoms with Crippen molar-refractivity contribution in [2.45, 2.75) is 57.2 Å². The Hall–Kier alpha value is -1.03. The van der Waals surface area contributed by atoms with Gasteiger partial charge in [-0.15, -0.1) is 0 Å². The second kappa shape index (κ2) is 6.61. The minimum atomic E-state index is -4.26. The van der Waals surface area contributed by atoms with Crippen LogP contribution in [-0.2, 0) is 6.18 Å². The predicted molar refractivity (Wildman–Crippen MR) is 74.7 cm³/mol. The highest BCUT2D eigenvalue weighted by Gasteiger charge is 2.37. The van der Waals surface area contributed by atoms with Gasteiger partial charge >= 0.3 is 6.18 Å². The van der Waals surface area contributed by atoms with Crippen molar-refractivity contribution in [3.63, 3.8) is 0 Å². The molecule has 0 aliphatic heterocycles. The molecule has 0 saturated heterocycles. The number of hydrogen-bond donors (Lipinski definition) is 1. The highest BCUT2D eigenvalue weighted by Crippen LogP contribution is 2.40. The van der Waals surface area contributed by atoms with E-state index in [0.717, 1.165) is 38.6 Å². The molecule has 0 heterocycles. The number of alkyl halides is 3. The van der Waals surface area contributed by atoms with Crippen molar-refractivity contribution >= 4 is 0 Å². The molecule has 0 amide bonds. The average Bonchev–Trinajstić information content (AvgIpc) is 2.44. The van der Waals surface area contributed by atoms with Crippen LogP contribution in [0.4, 0.5) is 13.2 Å². The molecule has 112 valence electrons. The molecule has 1 aliphatic rings. The van der Waals surface area contributed by atoms with Crippen LogP contribution in [0.1, 0.15) is 56.1 Å². The van der Waals surface area contributed by atoms with E-state index in [1.807, 2.05) is 0 Å². The third-order valence-corrected chi connectivity index (χ3v) is 4.09. The predicted octanol–water partition coefficient (Wildman–Crippen LogP) is 4.73. The van der Waals surface area contributed by atoms with Crippen molar-refractivity contribution < 1.29 is 13.2 Å². The van der Waals surface area contributed by atoms with Crippen molar-refractivity contribution in [3.05, 3.63) is 35.4 Å². The van der Waals surface area contributed by atoms with Crippen molar-refractivity contribution in [2.75, 3.05) is 6.54 Å². The van der Waals surface area contributed by atoms with Crippen LogP contribution in [-0.4, -0.2) is 12.6 Å². The fraction of sp³-hybridized carbons (Fsp3) is 0.625. The first-order valence-electron chi connectivity index (χ1n) is 7.43. The van der Waals surface area contributed by atoms with E-state index in [1.165, 1.54) is 12.1 Å². The lowest BCUT2D eigenvalue weighted by atomic mass is 9.78. The standard InChI is InChI=1S/C16H22F3N/c1-2-11-20-15-10-6-4-8-13(15)12-7-3-5-9-14(12)16(17,18)19/h3,5,7,9,13,15,20H,2,4,6,8,10-11H2,1H3. The molecule has 1 aliphatic carbocycles. The first-order chi connectivity index (χ1) is 9.54. The third-order valence-electron chi connectivity index (χ3n) is 4.09. The Morgan fingerprint density at radius 1 is 1.15 bits per heavy atom. The maximum absolute atomic E-state index is 13.2. The van der Waals surface area contributed by atoms with E-state index >= 15 is 0 Å². The Morgan fingerprint density at radius 3 is 2.55 bits per heavy atom. The van der Waals surface area contributed by atoms with E-state index < -0.39 is 11.7 Å². The normalized spacial score (nSPS) is 23.8. The van der Waals surface area contributed by atoms with Crippen LogP contribution in [0.5, 0.6) is 0 Å². The van der Waals surface area contributed by atoms with Crippen LogP contribution >= 0.6 is 0 Å². The SMILES string of the molecule is CCCNC1CCCCC1c1ccccc1C(F)(F)F. The molecular formula is C16H22F3N. The summed E-state index contributed by atoms with van der Waals surface area (Å²) in [6.45, 7) is 2.95. The lowest BCUT2D eigenvalue weighted by Crippen LogP contribution is -2.38. The zero-order chi connectivity index (χ0) is 14.6. The van der Waals surface area contributed by atoms with E-state index in [0.29, 0.717) is 5.56 Å². The quantitative estimate of drug-likeness (QED) is 0.843. The van der Waals surface area contributed by atoms with Crippen LogP contribution in [0.15, 0.2) is 24.3 Å². The second-order valence-electron chi connectivity index (χ2n) is 5.54. The zero-order valence-electron chi connectivity index (χ0n) is 11.8. The lowest BCUT2D eigenvalue weighted by Gasteiger charge is -2.34. The van der Waals surface area contributed by atoms with Gasteiger partial charge in [0.25, 0.3) is 0 Å². The molecule has 1 fully saturated rings. The molecule has 1 N–H and O–H groups in total. The van der Waals surface area contributed by atoms with Crippen LogP contribution in [0, 0.1) is 0 Å². The molecule has 1 saturated carbocycles. The van der Waals surface area contributed by atoms with Gasteiger partial charge in [-0.2, -0.15) is 13.2 Å². The highest BCUT2D eigenvalue weighted by molar-refractivity contribution is 5.34. The molecule has 0 radical (unpaired) electrons. The summed E-state index contributed by atoms with van der Waals surface area (Å²) < 4.78 is 39.5. The van der Waals surface area contributed by atoms with Crippen molar-refractivity contribution in [3.8, 4) is 0 Å². The van der Waals surface area contributed by atoms with Gasteiger partial charge < -0.3 is 5.32 Å². The van der Waals surface area contributed by atoms with Gasteiger partial charge in [0.1, 0.15) is 0 Å². The van der Waals surface area contributed by atoms with Crippen molar-refractivity contribution in [2.24, 2.45) is 0 Å². The Labute approximate surface area is 118 Å². The van der Waals surface area contributed by atoms with E-state index in [4.69, 9.17) is 0 Å². The molecule has 0 bridgehead atoms. The van der Waals surface area contributed by atoms with Crippen LogP contribution in [0.25, 0.3) is 0 Å². The van der Waals surface area contributed by atoms with Gasteiger partial charge in [0.05, 0.1) is 5.56 Å².